The molecule has 0 radical (unpaired) electrons. The average molecular weight is 461 g/mol. The summed E-state index contributed by atoms with van der Waals surface area (Å²) in [4.78, 5) is 38.4. The quantitative estimate of drug-likeness (QED) is 0.667. The molecule has 1 fully saturated rings. The largest absolute Gasteiger partial charge is 0.496 e. The first kappa shape index (κ1) is 20.2. The maximum atomic E-state index is 12.6. The average Bonchev–Trinajstić information content (AvgIpc) is 2.91. The van der Waals surface area contributed by atoms with Gasteiger partial charge in [-0.1, -0.05) is 34.1 Å². The molecule has 0 bridgehead atoms. The van der Waals surface area contributed by atoms with E-state index < -0.39 is 17.1 Å². The standard InChI is InChI=1S/C20H17BrN2O4S/c1-12-5-3-4-6-15(12)22-18(24)11-23-19(25)17(28-20(23)26)10-13-9-14(21)7-8-16(13)27-2/h3-10H,11H2,1-2H3,(H,22,24). The van der Waals surface area contributed by atoms with Crippen molar-refractivity contribution in [1.82, 2.24) is 4.90 Å². The Morgan fingerprint density at radius 2 is 2.00 bits per heavy atom. The van der Waals surface area contributed by atoms with Gasteiger partial charge in [-0.05, 0) is 54.6 Å². The number of aryl methyl sites for hydroxylation is 1. The van der Waals surface area contributed by atoms with E-state index in [1.807, 2.05) is 25.1 Å². The minimum absolute atomic E-state index is 0.241. The number of methoxy groups -OCH3 is 1. The number of para-hydroxylation sites is 1. The smallest absolute Gasteiger partial charge is 0.294 e. The number of ether oxygens (including phenoxy) is 1. The van der Waals surface area contributed by atoms with Gasteiger partial charge in [0, 0.05) is 15.7 Å². The maximum Gasteiger partial charge on any atom is 0.294 e. The zero-order valence-electron chi connectivity index (χ0n) is 15.2. The van der Waals surface area contributed by atoms with Crippen LogP contribution in [0.25, 0.3) is 6.08 Å². The van der Waals surface area contributed by atoms with E-state index in [0.717, 1.165) is 26.7 Å². The molecule has 1 N–H and O–H groups in total. The zero-order chi connectivity index (χ0) is 20.3. The second kappa shape index (κ2) is 8.62. The molecule has 1 saturated heterocycles. The summed E-state index contributed by atoms with van der Waals surface area (Å²) in [6.45, 7) is 1.52. The summed E-state index contributed by atoms with van der Waals surface area (Å²) in [5.41, 5.74) is 2.20. The van der Waals surface area contributed by atoms with E-state index in [9.17, 15) is 14.4 Å². The first-order valence-electron chi connectivity index (χ1n) is 8.33. The van der Waals surface area contributed by atoms with E-state index in [1.165, 1.54) is 7.11 Å². The molecule has 144 valence electrons. The molecule has 2 aromatic rings. The Kier molecular flexibility index (Phi) is 6.21. The molecule has 3 amide bonds. The van der Waals surface area contributed by atoms with E-state index in [4.69, 9.17) is 4.74 Å². The Labute approximate surface area is 175 Å². The van der Waals surface area contributed by atoms with Gasteiger partial charge < -0.3 is 10.1 Å². The van der Waals surface area contributed by atoms with Crippen molar-refractivity contribution in [3.05, 3.63) is 63.0 Å². The summed E-state index contributed by atoms with van der Waals surface area (Å²) >= 11 is 4.18. The summed E-state index contributed by atoms with van der Waals surface area (Å²) in [5.74, 6) is -0.359. The van der Waals surface area contributed by atoms with Crippen LogP contribution in [0.2, 0.25) is 0 Å². The number of imide groups is 1. The number of thioether (sulfide) groups is 1. The van der Waals surface area contributed by atoms with Gasteiger partial charge in [-0.15, -0.1) is 0 Å². The summed E-state index contributed by atoms with van der Waals surface area (Å²) in [6, 6.07) is 12.7. The Bertz CT molecular complexity index is 990. The fourth-order valence-electron chi connectivity index (χ4n) is 2.64. The number of nitrogens with one attached hydrogen (secondary N) is 1. The van der Waals surface area contributed by atoms with Crippen LogP contribution in [-0.2, 0) is 9.59 Å². The number of halogens is 1. The molecule has 0 aliphatic carbocycles. The van der Waals surface area contributed by atoms with Crippen molar-refractivity contribution in [1.29, 1.82) is 0 Å². The molecule has 0 spiro atoms. The Morgan fingerprint density at radius 1 is 1.25 bits per heavy atom. The highest BCUT2D eigenvalue weighted by atomic mass is 79.9. The van der Waals surface area contributed by atoms with Crippen LogP contribution in [0, 0.1) is 6.92 Å². The molecule has 3 rings (SSSR count). The Balaban J connectivity index is 1.76. The van der Waals surface area contributed by atoms with Crippen LogP contribution in [0.15, 0.2) is 51.8 Å². The van der Waals surface area contributed by atoms with Crippen LogP contribution < -0.4 is 10.1 Å². The summed E-state index contributed by atoms with van der Waals surface area (Å²) < 4.78 is 6.11. The number of hydrogen-bond donors (Lipinski definition) is 1. The minimum Gasteiger partial charge on any atom is -0.496 e. The lowest BCUT2D eigenvalue weighted by Gasteiger charge is -2.13. The zero-order valence-corrected chi connectivity index (χ0v) is 17.6. The summed E-state index contributed by atoms with van der Waals surface area (Å²) in [7, 11) is 1.53. The fraction of sp³-hybridized carbons (Fsp3) is 0.150. The molecular formula is C20H17BrN2O4S. The van der Waals surface area contributed by atoms with Crippen molar-refractivity contribution < 1.29 is 19.1 Å². The molecule has 6 nitrogen and oxygen atoms in total. The van der Waals surface area contributed by atoms with Crippen molar-refractivity contribution >= 4 is 56.5 Å². The number of carbonyl (C=O) groups excluding carboxylic acids is 3. The van der Waals surface area contributed by atoms with Gasteiger partial charge in [0.1, 0.15) is 12.3 Å². The highest BCUT2D eigenvalue weighted by Gasteiger charge is 2.36. The van der Waals surface area contributed by atoms with Gasteiger partial charge in [0.15, 0.2) is 0 Å². The van der Waals surface area contributed by atoms with Gasteiger partial charge in [-0.2, -0.15) is 0 Å². The number of amides is 3. The molecule has 1 aliphatic heterocycles. The first-order chi connectivity index (χ1) is 13.4. The highest BCUT2D eigenvalue weighted by Crippen LogP contribution is 2.34. The molecule has 0 unspecified atom stereocenters. The molecular weight excluding hydrogens is 444 g/mol. The van der Waals surface area contributed by atoms with Gasteiger partial charge in [0.2, 0.25) is 5.91 Å². The van der Waals surface area contributed by atoms with Gasteiger partial charge in [0.05, 0.1) is 12.0 Å². The van der Waals surface area contributed by atoms with E-state index in [0.29, 0.717) is 17.0 Å². The third-order valence-corrected chi connectivity index (χ3v) is 5.47. The van der Waals surface area contributed by atoms with E-state index in [2.05, 4.69) is 21.2 Å². The number of nitrogens with zero attached hydrogens (tertiary/aromatic N) is 1. The molecule has 0 saturated carbocycles. The minimum atomic E-state index is -0.503. The summed E-state index contributed by atoms with van der Waals surface area (Å²) in [6.07, 6.45) is 1.59. The first-order valence-corrected chi connectivity index (χ1v) is 9.94. The van der Waals surface area contributed by atoms with Crippen LogP contribution in [0.1, 0.15) is 11.1 Å². The van der Waals surface area contributed by atoms with Crippen LogP contribution in [-0.4, -0.2) is 35.6 Å². The van der Waals surface area contributed by atoms with Crippen molar-refractivity contribution in [2.45, 2.75) is 6.92 Å². The predicted octanol–water partition coefficient (Wildman–Crippen LogP) is 4.44. The second-order valence-electron chi connectivity index (χ2n) is 6.02. The van der Waals surface area contributed by atoms with Crippen LogP contribution in [0.5, 0.6) is 5.75 Å². The van der Waals surface area contributed by atoms with Crippen LogP contribution in [0.4, 0.5) is 10.5 Å². The van der Waals surface area contributed by atoms with Crippen LogP contribution >= 0.6 is 27.7 Å². The second-order valence-corrected chi connectivity index (χ2v) is 7.93. The lowest BCUT2D eigenvalue weighted by molar-refractivity contribution is -0.127. The highest BCUT2D eigenvalue weighted by molar-refractivity contribution is 9.10. The molecule has 28 heavy (non-hydrogen) atoms. The van der Waals surface area contributed by atoms with Crippen molar-refractivity contribution in [2.24, 2.45) is 0 Å². The Morgan fingerprint density at radius 3 is 2.71 bits per heavy atom. The molecule has 8 heteroatoms. The molecule has 0 atom stereocenters. The number of carbonyl (C=O) groups is 3. The number of anilines is 1. The monoisotopic (exact) mass is 460 g/mol. The normalized spacial score (nSPS) is 15.2. The third-order valence-electron chi connectivity index (χ3n) is 4.07. The lowest BCUT2D eigenvalue weighted by Crippen LogP contribution is -2.36. The molecule has 1 heterocycles. The van der Waals surface area contributed by atoms with Crippen LogP contribution in [0.3, 0.4) is 0 Å². The van der Waals surface area contributed by atoms with E-state index in [-0.39, 0.29) is 11.4 Å². The van der Waals surface area contributed by atoms with Gasteiger partial charge in [0.25, 0.3) is 11.1 Å². The Hall–Kier alpha value is -2.58. The third kappa shape index (κ3) is 4.45. The number of hydrogen-bond acceptors (Lipinski definition) is 5. The van der Waals surface area contributed by atoms with Gasteiger partial charge >= 0.3 is 0 Å². The molecule has 2 aromatic carbocycles. The van der Waals surface area contributed by atoms with Crippen molar-refractivity contribution in [3.63, 3.8) is 0 Å². The molecule has 1 aliphatic rings. The van der Waals surface area contributed by atoms with E-state index >= 15 is 0 Å². The lowest BCUT2D eigenvalue weighted by atomic mass is 10.2. The van der Waals surface area contributed by atoms with Gasteiger partial charge in [-0.3, -0.25) is 19.3 Å². The molecule has 0 aromatic heterocycles. The topological polar surface area (TPSA) is 75.7 Å². The predicted molar refractivity (Wildman–Crippen MR) is 113 cm³/mol. The maximum absolute atomic E-state index is 12.6. The number of benzene rings is 2. The SMILES string of the molecule is COc1ccc(Br)cc1C=C1SC(=O)N(CC(=O)Nc2ccccc2C)C1=O. The van der Waals surface area contributed by atoms with Gasteiger partial charge in [-0.25, -0.2) is 0 Å². The van der Waals surface area contributed by atoms with Crippen molar-refractivity contribution in [2.75, 3.05) is 19.0 Å². The van der Waals surface area contributed by atoms with E-state index in [1.54, 1.807) is 30.3 Å². The number of rotatable bonds is 5. The summed E-state index contributed by atoms with van der Waals surface area (Å²) in [5, 5.41) is 2.25. The van der Waals surface area contributed by atoms with Crippen molar-refractivity contribution in [3.8, 4) is 5.75 Å². The fourth-order valence-corrected chi connectivity index (χ4v) is 3.85.